The summed E-state index contributed by atoms with van der Waals surface area (Å²) >= 11 is 3.30. The van der Waals surface area contributed by atoms with Gasteiger partial charge in [0.15, 0.2) is 16.7 Å². The summed E-state index contributed by atoms with van der Waals surface area (Å²) in [6.07, 6.45) is 7.60. The molecule has 0 rings (SSSR count). The van der Waals surface area contributed by atoms with Gasteiger partial charge in [-0.15, -0.1) is 19.7 Å². The average Bonchev–Trinajstić information content (AvgIpc) is 3.19. The number of aliphatic carboxylic acids is 3. The molecule has 0 radical (unpaired) electrons. The maximum absolute atomic E-state index is 12.4. The third-order valence-corrected chi connectivity index (χ3v) is 8.30. The van der Waals surface area contributed by atoms with Crippen molar-refractivity contribution in [2.24, 2.45) is 16.7 Å². The summed E-state index contributed by atoms with van der Waals surface area (Å²) in [6, 6.07) is 0. The molecule has 0 atom stereocenters. The molecule has 0 spiro atoms. The van der Waals surface area contributed by atoms with Gasteiger partial charge in [-0.25, -0.2) is 0 Å². The minimum Gasteiger partial charge on any atom is -0.481 e. The Morgan fingerprint density at radius 2 is 0.885 bits per heavy atom. The summed E-state index contributed by atoms with van der Waals surface area (Å²) in [5.74, 6) is -10.2. The molecule has 0 saturated carbocycles. The highest BCUT2D eigenvalue weighted by atomic mass is 79.9. The van der Waals surface area contributed by atoms with Gasteiger partial charge in [-0.1, -0.05) is 34.2 Å². The molecule has 0 bridgehead atoms. The van der Waals surface area contributed by atoms with Crippen LogP contribution < -0.4 is 0 Å². The Bertz CT molecular complexity index is 1330. The zero-order chi connectivity index (χ0) is 47.9. The van der Waals surface area contributed by atoms with E-state index in [4.69, 9.17) is 39.0 Å². The van der Waals surface area contributed by atoms with Gasteiger partial charge >= 0.3 is 53.7 Å². The summed E-state index contributed by atoms with van der Waals surface area (Å²) in [5, 5.41) is 27.4. The number of carbonyl (C=O) groups excluding carboxylic acids is 6. The van der Waals surface area contributed by atoms with Gasteiger partial charge in [0, 0.05) is 5.33 Å². The Morgan fingerprint density at radius 1 is 0.525 bits per heavy atom. The normalized spacial score (nSPS) is 10.2. The van der Waals surface area contributed by atoms with Crippen molar-refractivity contribution in [1.29, 1.82) is 0 Å². The smallest absolute Gasteiger partial charge is 0.324 e. The third-order valence-electron chi connectivity index (χ3n) is 7.74. The van der Waals surface area contributed by atoms with Crippen molar-refractivity contribution in [3.8, 4) is 0 Å². The van der Waals surface area contributed by atoms with Crippen LogP contribution in [0.15, 0.2) is 38.0 Å². The lowest BCUT2D eigenvalue weighted by molar-refractivity contribution is -0.178. The molecule has 0 aliphatic carbocycles. The lowest BCUT2D eigenvalue weighted by atomic mass is 9.79. The van der Waals surface area contributed by atoms with Crippen molar-refractivity contribution in [3.05, 3.63) is 38.0 Å². The standard InChI is InChI=1S/C16H26O6.C11H18O6.C10H14O6.C5H9Br/c1-5-9-10-11-16(14(18)21-7-3,15(19)22-8-4)12-13(17)20-6-2;1-4-15-9(12)7-8(10(13)16-5-2)11(14)17-6-3;1-2-3-4-5-10(8(13)14,9(15)16)6-7(11)12;1-2-3-4-5-6/h5H,1,6-12H2,2-4H3;8H,4-7H2,1-3H3;2H,1,3-6H2,(H,11,12)(H,13,14)(H,15,16);2H,1,3-5H2. The van der Waals surface area contributed by atoms with Gasteiger partial charge < -0.3 is 43.7 Å². The Kier molecular flexibility index (Phi) is 40.1. The number of hydrogen-bond donors (Lipinski definition) is 3. The number of allylic oxidation sites excluding steroid dienone is 3. The van der Waals surface area contributed by atoms with Crippen LogP contribution in [0.5, 0.6) is 0 Å². The largest absolute Gasteiger partial charge is 0.481 e. The van der Waals surface area contributed by atoms with Crippen LogP contribution in [0.25, 0.3) is 0 Å². The fourth-order valence-electron chi connectivity index (χ4n) is 4.77. The third kappa shape index (κ3) is 28.2. The summed E-state index contributed by atoms with van der Waals surface area (Å²) in [7, 11) is 0. The number of ether oxygens (including phenoxy) is 6. The lowest BCUT2D eigenvalue weighted by Crippen LogP contribution is -2.44. The predicted molar refractivity (Wildman–Crippen MR) is 226 cm³/mol. The van der Waals surface area contributed by atoms with E-state index in [1.807, 2.05) is 6.08 Å². The van der Waals surface area contributed by atoms with Crippen LogP contribution in [0, 0.1) is 16.7 Å². The van der Waals surface area contributed by atoms with Crippen LogP contribution in [-0.2, 0) is 71.6 Å². The highest BCUT2D eigenvalue weighted by molar-refractivity contribution is 9.09. The summed E-state index contributed by atoms with van der Waals surface area (Å²) < 4.78 is 29.0. The summed E-state index contributed by atoms with van der Waals surface area (Å²) in [6.45, 7) is 21.3. The van der Waals surface area contributed by atoms with Crippen LogP contribution in [0.2, 0.25) is 0 Å². The quantitative estimate of drug-likeness (QED) is 0.0182. The van der Waals surface area contributed by atoms with Crippen molar-refractivity contribution < 1.29 is 86.9 Å². The maximum Gasteiger partial charge on any atom is 0.324 e. The first-order valence-electron chi connectivity index (χ1n) is 19.9. The van der Waals surface area contributed by atoms with Gasteiger partial charge in [0.2, 0.25) is 0 Å². The minimum atomic E-state index is -2.24. The van der Waals surface area contributed by atoms with Crippen LogP contribution in [0.3, 0.4) is 0 Å². The molecule has 0 aromatic heterocycles. The number of rotatable bonds is 29. The Hall–Kier alpha value is -5.07. The van der Waals surface area contributed by atoms with E-state index < -0.39 is 76.9 Å². The van der Waals surface area contributed by atoms with Gasteiger partial charge in [0.05, 0.1) is 58.9 Å². The number of carboxylic acid groups (broad SMARTS) is 3. The number of esters is 6. The van der Waals surface area contributed by atoms with Crippen molar-refractivity contribution in [3.63, 3.8) is 0 Å². The van der Waals surface area contributed by atoms with E-state index in [1.54, 1.807) is 47.6 Å². The van der Waals surface area contributed by atoms with Crippen molar-refractivity contribution in [2.75, 3.05) is 45.0 Å². The maximum atomic E-state index is 12.4. The Labute approximate surface area is 367 Å². The molecule has 0 amide bonds. The van der Waals surface area contributed by atoms with Crippen molar-refractivity contribution in [2.45, 2.75) is 112 Å². The molecular weight excluding hydrogens is 872 g/mol. The Morgan fingerprint density at radius 3 is 1.20 bits per heavy atom. The van der Waals surface area contributed by atoms with Crippen LogP contribution >= 0.6 is 15.9 Å². The SMILES string of the molecule is C=CCCCBr.C=CCCCC(CC(=O)O)(C(=O)O)C(=O)O.C=CCCCC(CC(=O)OCC)(C(=O)OCC)C(=O)OCC.CCOC(=O)CC(C(=O)OCC)C(=O)OCC. The van der Waals surface area contributed by atoms with E-state index in [0.29, 0.717) is 19.3 Å². The van der Waals surface area contributed by atoms with Crippen LogP contribution in [-0.4, -0.2) is 114 Å². The molecule has 0 aliphatic rings. The van der Waals surface area contributed by atoms with E-state index in [0.717, 1.165) is 11.8 Å². The van der Waals surface area contributed by atoms with E-state index in [-0.39, 0.29) is 71.7 Å². The molecule has 0 heterocycles. The van der Waals surface area contributed by atoms with Gasteiger partial charge in [0.25, 0.3) is 0 Å². The van der Waals surface area contributed by atoms with Crippen LogP contribution in [0.4, 0.5) is 0 Å². The molecule has 0 fully saturated rings. The molecule has 19 heteroatoms. The molecule has 0 unspecified atom stereocenters. The first-order valence-corrected chi connectivity index (χ1v) is 21.0. The van der Waals surface area contributed by atoms with Crippen LogP contribution in [0.1, 0.15) is 112 Å². The second-order valence-corrected chi connectivity index (χ2v) is 13.1. The summed E-state index contributed by atoms with van der Waals surface area (Å²) in [5.41, 5.74) is -3.89. The molecule has 18 nitrogen and oxygen atoms in total. The average molecular weight is 940 g/mol. The van der Waals surface area contributed by atoms with Crippen molar-refractivity contribution >= 4 is 69.7 Å². The fourth-order valence-corrected chi connectivity index (χ4v) is 5.10. The number of hydrogen-bond acceptors (Lipinski definition) is 15. The number of alkyl halides is 1. The van der Waals surface area contributed by atoms with Gasteiger partial charge in [0.1, 0.15) is 0 Å². The predicted octanol–water partition coefficient (Wildman–Crippen LogP) is 6.41. The first-order chi connectivity index (χ1) is 28.8. The fraction of sp³-hybridized carbons (Fsp3) is 0.643. The molecule has 0 aliphatic heterocycles. The lowest BCUT2D eigenvalue weighted by Gasteiger charge is -2.28. The van der Waals surface area contributed by atoms with E-state index in [1.165, 1.54) is 12.5 Å². The van der Waals surface area contributed by atoms with Gasteiger partial charge in [-0.3, -0.25) is 43.2 Å². The van der Waals surface area contributed by atoms with Gasteiger partial charge in [-0.05, 0) is 92.9 Å². The van der Waals surface area contributed by atoms with E-state index >= 15 is 0 Å². The highest BCUT2D eigenvalue weighted by Gasteiger charge is 2.50. The Balaban J connectivity index is -0.000000378. The number of carboxylic acids is 3. The van der Waals surface area contributed by atoms with E-state index in [9.17, 15) is 43.2 Å². The molecular formula is C42H67BrO18. The zero-order valence-electron chi connectivity index (χ0n) is 36.5. The van der Waals surface area contributed by atoms with Crippen molar-refractivity contribution in [1.82, 2.24) is 0 Å². The molecule has 0 aromatic carbocycles. The first kappa shape index (κ1) is 62.6. The van der Waals surface area contributed by atoms with Gasteiger partial charge in [-0.2, -0.15) is 0 Å². The molecule has 0 aromatic rings. The molecule has 61 heavy (non-hydrogen) atoms. The topological polar surface area (TPSA) is 270 Å². The second kappa shape index (κ2) is 39.1. The molecule has 3 N–H and O–H groups in total. The monoisotopic (exact) mass is 938 g/mol. The molecule has 350 valence electrons. The highest BCUT2D eigenvalue weighted by Crippen LogP contribution is 2.34. The number of carbonyl (C=O) groups is 9. The summed E-state index contributed by atoms with van der Waals surface area (Å²) in [4.78, 5) is 103. The molecule has 0 saturated heterocycles. The number of halogens is 1. The second-order valence-electron chi connectivity index (χ2n) is 12.3. The zero-order valence-corrected chi connectivity index (χ0v) is 38.1. The minimum absolute atomic E-state index is 0.115. The van der Waals surface area contributed by atoms with E-state index in [2.05, 4.69) is 40.4 Å². The number of unbranched alkanes of at least 4 members (excludes halogenated alkanes) is 3.